The number of carbonyl (C=O) groups excluding carboxylic acids is 1. The van der Waals surface area contributed by atoms with Gasteiger partial charge in [-0.25, -0.2) is 0 Å². The highest BCUT2D eigenvalue weighted by Gasteiger charge is 2.44. The van der Waals surface area contributed by atoms with Crippen LogP contribution in [0.15, 0.2) is 0 Å². The van der Waals surface area contributed by atoms with Gasteiger partial charge in [0.05, 0.1) is 12.5 Å². The molecular weight excluding hydrogens is 202 g/mol. The van der Waals surface area contributed by atoms with Crippen molar-refractivity contribution < 1.29 is 9.53 Å². The van der Waals surface area contributed by atoms with Crippen molar-refractivity contribution in [3.63, 3.8) is 0 Å². The van der Waals surface area contributed by atoms with Crippen LogP contribution in [0, 0.1) is 10.8 Å². The first kappa shape index (κ1) is 13.5. The minimum absolute atomic E-state index is 0.0398. The van der Waals surface area contributed by atoms with Crippen LogP contribution in [-0.2, 0) is 9.53 Å². The highest BCUT2D eigenvalue weighted by molar-refractivity contribution is 5.78. The average molecular weight is 227 g/mol. The third-order valence-electron chi connectivity index (χ3n) is 3.44. The first-order valence-electron chi connectivity index (χ1n) is 6.19. The zero-order valence-corrected chi connectivity index (χ0v) is 11.1. The highest BCUT2D eigenvalue weighted by Crippen LogP contribution is 2.41. The van der Waals surface area contributed by atoms with Crippen LogP contribution in [0.2, 0.25) is 0 Å². The minimum Gasteiger partial charge on any atom is -0.469 e. The highest BCUT2D eigenvalue weighted by atomic mass is 16.5. The second-order valence-electron chi connectivity index (χ2n) is 6.11. The molecular formula is C13H25NO2. The van der Waals surface area contributed by atoms with Gasteiger partial charge in [0.1, 0.15) is 0 Å². The Hall–Kier alpha value is -0.570. The molecule has 0 amide bonds. The molecule has 94 valence electrons. The molecule has 0 heterocycles. The maximum Gasteiger partial charge on any atom is 0.313 e. The SMILES string of the molecule is COC(=O)C1(CNCCC(C)(C)C)CCC1. The molecule has 3 heteroatoms. The summed E-state index contributed by atoms with van der Waals surface area (Å²) in [5, 5.41) is 3.40. The van der Waals surface area contributed by atoms with E-state index in [1.54, 1.807) is 0 Å². The fourth-order valence-corrected chi connectivity index (χ4v) is 2.06. The Labute approximate surface area is 98.9 Å². The number of methoxy groups -OCH3 is 1. The molecule has 1 N–H and O–H groups in total. The molecule has 0 spiro atoms. The van der Waals surface area contributed by atoms with E-state index in [2.05, 4.69) is 26.1 Å². The summed E-state index contributed by atoms with van der Waals surface area (Å²) in [4.78, 5) is 11.6. The Morgan fingerprint density at radius 3 is 2.38 bits per heavy atom. The lowest BCUT2D eigenvalue weighted by Crippen LogP contribution is -2.47. The molecule has 0 aromatic rings. The van der Waals surface area contributed by atoms with E-state index in [9.17, 15) is 4.79 Å². The van der Waals surface area contributed by atoms with Gasteiger partial charge in [0.25, 0.3) is 0 Å². The van der Waals surface area contributed by atoms with E-state index in [1.165, 1.54) is 7.11 Å². The van der Waals surface area contributed by atoms with E-state index in [4.69, 9.17) is 4.74 Å². The number of rotatable bonds is 5. The molecule has 3 nitrogen and oxygen atoms in total. The average Bonchev–Trinajstić information content (AvgIpc) is 2.12. The molecule has 0 atom stereocenters. The molecule has 0 saturated heterocycles. The van der Waals surface area contributed by atoms with Gasteiger partial charge in [-0.3, -0.25) is 4.79 Å². The first-order valence-corrected chi connectivity index (χ1v) is 6.19. The number of nitrogens with one attached hydrogen (secondary N) is 1. The fourth-order valence-electron chi connectivity index (χ4n) is 2.06. The lowest BCUT2D eigenvalue weighted by atomic mass is 9.68. The summed E-state index contributed by atoms with van der Waals surface area (Å²) in [5.74, 6) is -0.0398. The molecule has 0 radical (unpaired) electrons. The Morgan fingerprint density at radius 1 is 1.38 bits per heavy atom. The molecule has 0 aliphatic heterocycles. The third kappa shape index (κ3) is 3.48. The molecule has 1 fully saturated rings. The summed E-state index contributed by atoms with van der Waals surface area (Å²) < 4.78 is 4.88. The fraction of sp³-hybridized carbons (Fsp3) is 0.923. The van der Waals surface area contributed by atoms with Crippen LogP contribution in [0.4, 0.5) is 0 Å². The van der Waals surface area contributed by atoms with E-state index in [1.807, 2.05) is 0 Å². The molecule has 0 aromatic carbocycles. The van der Waals surface area contributed by atoms with Crippen molar-refractivity contribution >= 4 is 5.97 Å². The van der Waals surface area contributed by atoms with Crippen molar-refractivity contribution in [3.05, 3.63) is 0 Å². The number of esters is 1. The van der Waals surface area contributed by atoms with Gasteiger partial charge in [-0.2, -0.15) is 0 Å². The van der Waals surface area contributed by atoms with E-state index < -0.39 is 0 Å². The van der Waals surface area contributed by atoms with E-state index in [0.717, 1.165) is 38.8 Å². The van der Waals surface area contributed by atoms with Gasteiger partial charge >= 0.3 is 5.97 Å². The van der Waals surface area contributed by atoms with Crippen LogP contribution in [0.5, 0.6) is 0 Å². The van der Waals surface area contributed by atoms with Crippen LogP contribution >= 0.6 is 0 Å². The largest absolute Gasteiger partial charge is 0.469 e. The quantitative estimate of drug-likeness (QED) is 0.579. The first-order chi connectivity index (χ1) is 7.40. The Balaban J connectivity index is 2.28. The Morgan fingerprint density at radius 2 is 2.00 bits per heavy atom. The monoisotopic (exact) mass is 227 g/mol. The molecule has 16 heavy (non-hydrogen) atoms. The molecule has 1 aliphatic rings. The van der Waals surface area contributed by atoms with Gasteiger partial charge in [0.15, 0.2) is 0 Å². The summed E-state index contributed by atoms with van der Waals surface area (Å²) in [6.45, 7) is 8.44. The van der Waals surface area contributed by atoms with Crippen molar-refractivity contribution in [2.75, 3.05) is 20.2 Å². The molecule has 1 aliphatic carbocycles. The number of ether oxygens (including phenoxy) is 1. The van der Waals surface area contributed by atoms with Gasteiger partial charge in [0, 0.05) is 6.54 Å². The van der Waals surface area contributed by atoms with Gasteiger partial charge < -0.3 is 10.1 Å². The Bertz CT molecular complexity index is 239. The predicted octanol–water partition coefficient (Wildman–Crippen LogP) is 2.36. The van der Waals surface area contributed by atoms with Crippen molar-refractivity contribution in [2.45, 2.75) is 46.5 Å². The molecule has 0 unspecified atom stereocenters. The Kier molecular flexibility index (Phi) is 4.36. The molecule has 0 bridgehead atoms. The molecule has 1 saturated carbocycles. The maximum absolute atomic E-state index is 11.6. The van der Waals surface area contributed by atoms with Crippen LogP contribution in [-0.4, -0.2) is 26.2 Å². The number of hydrogen-bond acceptors (Lipinski definition) is 3. The third-order valence-corrected chi connectivity index (χ3v) is 3.44. The molecule has 1 rings (SSSR count). The van der Waals surface area contributed by atoms with Gasteiger partial charge in [0.2, 0.25) is 0 Å². The lowest BCUT2D eigenvalue weighted by Gasteiger charge is -2.39. The van der Waals surface area contributed by atoms with Gasteiger partial charge in [-0.15, -0.1) is 0 Å². The van der Waals surface area contributed by atoms with Crippen molar-refractivity contribution in [3.8, 4) is 0 Å². The summed E-state index contributed by atoms with van der Waals surface area (Å²) in [6.07, 6.45) is 4.23. The summed E-state index contributed by atoms with van der Waals surface area (Å²) in [5.41, 5.74) is 0.137. The summed E-state index contributed by atoms with van der Waals surface area (Å²) >= 11 is 0. The summed E-state index contributed by atoms with van der Waals surface area (Å²) in [6, 6.07) is 0. The second-order valence-corrected chi connectivity index (χ2v) is 6.11. The van der Waals surface area contributed by atoms with E-state index in [-0.39, 0.29) is 11.4 Å². The zero-order chi connectivity index (χ0) is 12.2. The van der Waals surface area contributed by atoms with Crippen LogP contribution in [0.25, 0.3) is 0 Å². The normalized spacial score (nSPS) is 19.0. The van der Waals surface area contributed by atoms with Crippen molar-refractivity contribution in [2.24, 2.45) is 10.8 Å². The number of hydrogen-bond donors (Lipinski definition) is 1. The van der Waals surface area contributed by atoms with Crippen LogP contribution in [0.3, 0.4) is 0 Å². The topological polar surface area (TPSA) is 38.3 Å². The maximum atomic E-state index is 11.6. The smallest absolute Gasteiger partial charge is 0.313 e. The van der Waals surface area contributed by atoms with Crippen molar-refractivity contribution in [1.29, 1.82) is 0 Å². The second kappa shape index (κ2) is 5.17. The lowest BCUT2D eigenvalue weighted by molar-refractivity contribution is -0.158. The van der Waals surface area contributed by atoms with Gasteiger partial charge in [-0.1, -0.05) is 27.2 Å². The van der Waals surface area contributed by atoms with Crippen LogP contribution in [0.1, 0.15) is 46.5 Å². The minimum atomic E-state index is -0.216. The van der Waals surface area contributed by atoms with E-state index >= 15 is 0 Å². The summed E-state index contributed by atoms with van der Waals surface area (Å²) in [7, 11) is 1.48. The zero-order valence-electron chi connectivity index (χ0n) is 11.1. The van der Waals surface area contributed by atoms with E-state index in [0.29, 0.717) is 5.41 Å². The molecule has 0 aromatic heterocycles. The van der Waals surface area contributed by atoms with Crippen LogP contribution < -0.4 is 5.32 Å². The van der Waals surface area contributed by atoms with Gasteiger partial charge in [-0.05, 0) is 31.2 Å². The standard InChI is InChI=1S/C13H25NO2/c1-12(2,3)8-9-14-10-13(6-5-7-13)11(15)16-4/h14H,5-10H2,1-4H3. The number of carbonyl (C=O) groups is 1. The van der Waals surface area contributed by atoms with Crippen molar-refractivity contribution in [1.82, 2.24) is 5.32 Å². The predicted molar refractivity (Wildman–Crippen MR) is 65.2 cm³/mol.